The summed E-state index contributed by atoms with van der Waals surface area (Å²) in [6.07, 6.45) is 2.93. The highest BCUT2D eigenvalue weighted by molar-refractivity contribution is 6.38. The smallest absolute Gasteiger partial charge is 0.454 e. The van der Waals surface area contributed by atoms with Gasteiger partial charge in [0.1, 0.15) is 11.4 Å². The van der Waals surface area contributed by atoms with Gasteiger partial charge in [0.2, 0.25) is 5.43 Å². The van der Waals surface area contributed by atoms with E-state index in [0.29, 0.717) is 18.5 Å². The molecule has 1 saturated heterocycles. The molecule has 1 aromatic carbocycles. The van der Waals surface area contributed by atoms with Crippen LogP contribution in [0.25, 0.3) is 10.9 Å². The fourth-order valence-electron chi connectivity index (χ4n) is 4.17. The van der Waals surface area contributed by atoms with Crippen molar-refractivity contribution in [2.24, 2.45) is 0 Å². The van der Waals surface area contributed by atoms with Gasteiger partial charge in [-0.05, 0) is 32.3 Å². The van der Waals surface area contributed by atoms with Crippen LogP contribution in [0, 0.1) is 12.7 Å². The molecule has 9 nitrogen and oxygen atoms in total. The first-order valence-corrected chi connectivity index (χ1v) is 10.9. The number of anilines is 1. The van der Waals surface area contributed by atoms with E-state index in [1.807, 2.05) is 0 Å². The monoisotopic (exact) mass is 478 g/mol. The number of hydrogen-bond acceptors (Lipinski definition) is 8. The molecular weight excluding hydrogens is 459 g/mol. The van der Waals surface area contributed by atoms with Crippen molar-refractivity contribution in [3.8, 4) is 0 Å². The molecule has 0 spiro atoms. The number of β-amino-alcohol motifs (C(OH)–C–C–N with tert-alkyl or cyclic N) is 1. The maximum Gasteiger partial charge on any atom is 0.519 e. The topological polar surface area (TPSA) is 115 Å². The Labute approximate surface area is 190 Å². The average Bonchev–Trinajstić information content (AvgIpc) is 3.44. The van der Waals surface area contributed by atoms with E-state index in [1.165, 1.54) is 13.1 Å². The number of rotatable bonds is 5. The fraction of sp³-hybridized carbons (Fsp3) is 0.409. The van der Waals surface area contributed by atoms with Crippen LogP contribution in [0.3, 0.4) is 0 Å². The lowest BCUT2D eigenvalue weighted by molar-refractivity contribution is 0.0440. The molecule has 11 heteroatoms. The third-order valence-electron chi connectivity index (χ3n) is 5.99. The molecule has 3 heterocycles. The van der Waals surface area contributed by atoms with Crippen LogP contribution in [0.5, 0.6) is 0 Å². The predicted molar refractivity (Wildman–Crippen MR) is 115 cm³/mol. The Morgan fingerprint density at radius 3 is 2.67 bits per heavy atom. The maximum absolute atomic E-state index is 15.1. The second-order valence-corrected chi connectivity index (χ2v) is 8.70. The van der Waals surface area contributed by atoms with Crippen molar-refractivity contribution in [1.29, 1.82) is 0 Å². The lowest BCUT2D eigenvalue weighted by atomic mass is 10.1. The fourth-order valence-corrected chi connectivity index (χ4v) is 4.58. The number of benzene rings is 1. The standard InChI is InChI=1S/C22H20ClFN2O7/c1-10-16(33-22(30)32-10)9-31-21(29)14-8-26(11-2-3-11)18-13(20(14)28)6-15(24)19(17(18)23)25-5-4-12(27)7-25/h6,8,11-12,27H,2-5,7,9H2,1H3/t12-/m1/s1. The Bertz CT molecular complexity index is 1390. The van der Waals surface area contributed by atoms with E-state index >= 15 is 4.39 Å². The van der Waals surface area contributed by atoms with Crippen molar-refractivity contribution >= 4 is 34.2 Å². The Morgan fingerprint density at radius 2 is 2.06 bits per heavy atom. The summed E-state index contributed by atoms with van der Waals surface area (Å²) in [7, 11) is 0. The minimum atomic E-state index is -0.942. The van der Waals surface area contributed by atoms with Crippen molar-refractivity contribution in [2.45, 2.75) is 44.9 Å². The largest absolute Gasteiger partial charge is 0.519 e. The number of aryl methyl sites for hydroxylation is 1. The van der Waals surface area contributed by atoms with Crippen molar-refractivity contribution in [3.05, 3.63) is 61.0 Å². The number of carbonyl (C=O) groups excluding carboxylic acids is 1. The molecular formula is C22H20ClFN2O7. The van der Waals surface area contributed by atoms with Gasteiger partial charge in [0.05, 0.1) is 27.7 Å². The van der Waals surface area contributed by atoms with E-state index < -0.39 is 35.7 Å². The Balaban J connectivity index is 1.58. The second-order valence-electron chi connectivity index (χ2n) is 8.33. The van der Waals surface area contributed by atoms with Crippen LogP contribution in [-0.4, -0.2) is 34.8 Å². The predicted octanol–water partition coefficient (Wildman–Crippen LogP) is 2.91. The summed E-state index contributed by atoms with van der Waals surface area (Å²) < 4.78 is 31.5. The number of ether oxygens (including phenoxy) is 1. The molecule has 0 bridgehead atoms. The highest BCUT2D eigenvalue weighted by Gasteiger charge is 2.32. The zero-order chi connectivity index (χ0) is 23.4. The summed E-state index contributed by atoms with van der Waals surface area (Å²) in [5.74, 6) is -2.38. The van der Waals surface area contributed by atoms with Crippen LogP contribution in [0.2, 0.25) is 5.02 Å². The molecule has 3 aromatic rings. The maximum atomic E-state index is 15.1. The van der Waals surface area contributed by atoms with Gasteiger partial charge in [-0.1, -0.05) is 11.6 Å². The third-order valence-corrected chi connectivity index (χ3v) is 6.35. The van der Waals surface area contributed by atoms with Gasteiger partial charge in [-0.15, -0.1) is 0 Å². The second kappa shape index (κ2) is 8.03. The van der Waals surface area contributed by atoms with E-state index in [-0.39, 0.29) is 45.8 Å². The van der Waals surface area contributed by atoms with Crippen molar-refractivity contribution in [3.63, 3.8) is 0 Å². The highest BCUT2D eigenvalue weighted by Crippen LogP contribution is 2.42. The van der Waals surface area contributed by atoms with Crippen LogP contribution >= 0.6 is 11.6 Å². The molecule has 1 N–H and O–H groups in total. The number of halogens is 2. The van der Waals surface area contributed by atoms with Gasteiger partial charge in [0, 0.05) is 25.3 Å². The van der Waals surface area contributed by atoms with E-state index in [0.717, 1.165) is 18.9 Å². The van der Waals surface area contributed by atoms with Gasteiger partial charge < -0.3 is 28.1 Å². The van der Waals surface area contributed by atoms with Gasteiger partial charge in [-0.2, -0.15) is 0 Å². The number of esters is 1. The van der Waals surface area contributed by atoms with Crippen LogP contribution in [0.15, 0.2) is 30.7 Å². The summed E-state index contributed by atoms with van der Waals surface area (Å²) in [4.78, 5) is 38.7. The van der Waals surface area contributed by atoms with Crippen LogP contribution in [-0.2, 0) is 11.3 Å². The number of fused-ring (bicyclic) bond motifs is 1. The zero-order valence-corrected chi connectivity index (χ0v) is 18.4. The molecule has 1 aliphatic carbocycles. The lowest BCUT2D eigenvalue weighted by Crippen LogP contribution is -2.25. The van der Waals surface area contributed by atoms with Crippen LogP contribution in [0.4, 0.5) is 10.1 Å². The summed E-state index contributed by atoms with van der Waals surface area (Å²) >= 11 is 6.62. The number of nitrogens with zero attached hydrogens (tertiary/aromatic N) is 2. The zero-order valence-electron chi connectivity index (χ0n) is 17.6. The highest BCUT2D eigenvalue weighted by atomic mass is 35.5. The molecule has 2 aliphatic rings. The van der Waals surface area contributed by atoms with Crippen molar-refractivity contribution in [1.82, 2.24) is 4.57 Å². The molecule has 33 heavy (non-hydrogen) atoms. The van der Waals surface area contributed by atoms with E-state index in [2.05, 4.69) is 0 Å². The Morgan fingerprint density at radius 1 is 1.30 bits per heavy atom. The molecule has 1 saturated carbocycles. The summed E-state index contributed by atoms with van der Waals surface area (Å²) in [6.45, 7) is 1.75. The minimum Gasteiger partial charge on any atom is -0.454 e. The van der Waals surface area contributed by atoms with Crippen molar-refractivity contribution < 1.29 is 27.9 Å². The molecule has 0 radical (unpaired) electrons. The van der Waals surface area contributed by atoms with E-state index in [4.69, 9.17) is 25.2 Å². The molecule has 1 aliphatic heterocycles. The van der Waals surface area contributed by atoms with Gasteiger partial charge >= 0.3 is 11.8 Å². The molecule has 174 valence electrons. The third kappa shape index (κ3) is 3.83. The molecule has 2 aromatic heterocycles. The SMILES string of the molecule is Cc1oc(=O)oc1COC(=O)c1cn(C2CC2)c2c(Cl)c(N3CC[C@@H](O)C3)c(F)cc2c1=O. The molecule has 5 rings (SSSR count). The number of aliphatic hydroxyl groups excluding tert-OH is 1. The minimum absolute atomic E-state index is 0.00812. The van der Waals surface area contributed by atoms with Crippen LogP contribution < -0.4 is 16.2 Å². The quantitative estimate of drug-likeness (QED) is 0.557. The van der Waals surface area contributed by atoms with Crippen LogP contribution in [0.1, 0.15) is 47.2 Å². The first-order valence-electron chi connectivity index (χ1n) is 10.5. The molecule has 0 unspecified atom stereocenters. The van der Waals surface area contributed by atoms with E-state index in [9.17, 15) is 19.5 Å². The first-order chi connectivity index (χ1) is 15.7. The average molecular weight is 479 g/mol. The van der Waals surface area contributed by atoms with Gasteiger partial charge in [-0.25, -0.2) is 14.0 Å². The number of pyridine rings is 1. The summed E-state index contributed by atoms with van der Waals surface area (Å²) in [5, 5.41) is 9.89. The summed E-state index contributed by atoms with van der Waals surface area (Å²) in [6, 6.07) is 1.09. The summed E-state index contributed by atoms with van der Waals surface area (Å²) in [5.41, 5.74) is -0.519. The Kier molecular flexibility index (Phi) is 5.29. The number of aliphatic hydroxyl groups is 1. The lowest BCUT2D eigenvalue weighted by Gasteiger charge is -2.23. The van der Waals surface area contributed by atoms with Gasteiger partial charge in [0.25, 0.3) is 0 Å². The Hall–Kier alpha value is -3.11. The molecule has 2 fully saturated rings. The van der Waals surface area contributed by atoms with Gasteiger partial charge in [-0.3, -0.25) is 4.79 Å². The van der Waals surface area contributed by atoms with Crippen molar-refractivity contribution in [2.75, 3.05) is 18.0 Å². The molecule has 1 atom stereocenters. The van der Waals surface area contributed by atoms with E-state index in [1.54, 1.807) is 9.47 Å². The number of aromatic nitrogens is 1. The number of carbonyl (C=O) groups is 1. The van der Waals surface area contributed by atoms with Gasteiger partial charge in [0.15, 0.2) is 18.1 Å². The molecule has 0 amide bonds. The normalized spacial score (nSPS) is 18.3. The number of hydrogen-bond donors (Lipinski definition) is 1. The first kappa shape index (κ1) is 21.7.